The van der Waals surface area contributed by atoms with Gasteiger partial charge in [0.25, 0.3) is 5.91 Å². The summed E-state index contributed by atoms with van der Waals surface area (Å²) in [5, 5.41) is 28.9. The summed E-state index contributed by atoms with van der Waals surface area (Å²) < 4.78 is 26.9. The van der Waals surface area contributed by atoms with Crippen LogP contribution in [0.25, 0.3) is 0 Å². The normalized spacial score (nSPS) is 11.0. The minimum atomic E-state index is -0.872. The Morgan fingerprint density at radius 1 is 1.27 bits per heavy atom. The number of aliphatic hydroxyl groups is 2. The third-order valence-electron chi connectivity index (χ3n) is 2.70. The lowest BCUT2D eigenvalue weighted by atomic mass is 10.2. The van der Waals surface area contributed by atoms with Crippen LogP contribution in [0.5, 0.6) is 0 Å². The van der Waals surface area contributed by atoms with E-state index in [-0.39, 0.29) is 26.3 Å². The molecule has 0 radical (unpaired) electrons. The van der Waals surface area contributed by atoms with E-state index in [4.69, 9.17) is 15.5 Å². The Hall–Kier alpha value is -2.50. The van der Waals surface area contributed by atoms with Gasteiger partial charge in [-0.25, -0.2) is 8.78 Å². The van der Waals surface area contributed by atoms with Gasteiger partial charge in [0.2, 0.25) is 0 Å². The van der Waals surface area contributed by atoms with Gasteiger partial charge in [-0.05, 0) is 12.1 Å². The molecule has 0 unspecified atom stereocenters. The highest BCUT2D eigenvalue weighted by molar-refractivity contribution is 5.97. The van der Waals surface area contributed by atoms with Crippen molar-refractivity contribution < 1.29 is 23.8 Å². The van der Waals surface area contributed by atoms with E-state index in [1.54, 1.807) is 6.07 Å². The van der Waals surface area contributed by atoms with Gasteiger partial charge in [-0.2, -0.15) is 5.26 Å². The number of hydrogen-bond donors (Lipinski definition) is 3. The minimum Gasteiger partial charge on any atom is -0.395 e. The summed E-state index contributed by atoms with van der Waals surface area (Å²) in [4.78, 5) is 13.1. The fourth-order valence-corrected chi connectivity index (χ4v) is 1.65. The van der Waals surface area contributed by atoms with Crippen molar-refractivity contribution in [3.05, 3.63) is 41.6 Å². The van der Waals surface area contributed by atoms with Gasteiger partial charge in [0, 0.05) is 19.3 Å². The Kier molecular flexibility index (Phi) is 6.95. The van der Waals surface area contributed by atoms with Crippen LogP contribution < -0.4 is 5.32 Å². The molecule has 0 heterocycles. The molecule has 1 aromatic carbocycles. The molecular weight excluding hydrogens is 296 g/mol. The average Bonchev–Trinajstić information content (AvgIpc) is 2.49. The highest BCUT2D eigenvalue weighted by atomic mass is 19.1. The molecule has 1 aromatic rings. The van der Waals surface area contributed by atoms with E-state index in [0.29, 0.717) is 0 Å². The second kappa shape index (κ2) is 8.71. The van der Waals surface area contributed by atoms with Crippen LogP contribution in [0.4, 0.5) is 14.5 Å². The first-order valence-electron chi connectivity index (χ1n) is 6.37. The number of carbonyl (C=O) groups is 1. The molecule has 3 N–H and O–H groups in total. The number of nitriles is 1. The topological polar surface area (TPSA) is 96.6 Å². The van der Waals surface area contributed by atoms with Crippen molar-refractivity contribution in [1.82, 2.24) is 4.90 Å². The van der Waals surface area contributed by atoms with Gasteiger partial charge >= 0.3 is 0 Å². The van der Waals surface area contributed by atoms with Crippen molar-refractivity contribution in [1.29, 1.82) is 5.26 Å². The molecule has 6 nitrogen and oxygen atoms in total. The molecule has 0 aliphatic rings. The fourth-order valence-electron chi connectivity index (χ4n) is 1.65. The largest absolute Gasteiger partial charge is 0.395 e. The Bertz CT molecular complexity index is 573. The Morgan fingerprint density at radius 2 is 1.82 bits per heavy atom. The summed E-state index contributed by atoms with van der Waals surface area (Å²) in [6.45, 7) is -0.849. The maximum atomic E-state index is 13.4. The number of hydrogen-bond acceptors (Lipinski definition) is 5. The molecule has 0 aliphatic carbocycles. The standard InChI is InChI=1S/C14H15F2N3O3/c15-11-2-1-3-12(16)13(11)18-9-10(8-17)14(22)19(4-6-20)5-7-21/h1-3,9,18,20-21H,4-7H2/b10-9-. The summed E-state index contributed by atoms with van der Waals surface area (Å²) >= 11 is 0. The lowest BCUT2D eigenvalue weighted by Crippen LogP contribution is -2.36. The lowest BCUT2D eigenvalue weighted by Gasteiger charge is -2.20. The van der Waals surface area contributed by atoms with Crippen LogP contribution >= 0.6 is 0 Å². The summed E-state index contributed by atoms with van der Waals surface area (Å²) in [6, 6.07) is 4.84. The Balaban J connectivity index is 2.95. The number of amides is 1. The summed E-state index contributed by atoms with van der Waals surface area (Å²) in [5.41, 5.74) is -0.900. The minimum absolute atomic E-state index is 0.0769. The first kappa shape index (κ1) is 17.6. The zero-order valence-corrected chi connectivity index (χ0v) is 11.6. The van der Waals surface area contributed by atoms with Crippen molar-refractivity contribution in [3.8, 4) is 6.07 Å². The quantitative estimate of drug-likeness (QED) is 0.506. The van der Waals surface area contributed by atoms with Crippen LogP contribution in [-0.2, 0) is 4.79 Å². The van der Waals surface area contributed by atoms with Gasteiger partial charge in [0.1, 0.15) is 29.0 Å². The Morgan fingerprint density at radius 3 is 2.27 bits per heavy atom. The van der Waals surface area contributed by atoms with E-state index >= 15 is 0 Å². The molecular formula is C14H15F2N3O3. The van der Waals surface area contributed by atoms with Crippen LogP contribution in [0.1, 0.15) is 0 Å². The summed E-state index contributed by atoms with van der Waals surface area (Å²) in [6.07, 6.45) is 0.881. The number of benzene rings is 1. The van der Waals surface area contributed by atoms with Gasteiger partial charge in [-0.3, -0.25) is 4.79 Å². The Labute approximate surface area is 125 Å². The first-order chi connectivity index (χ1) is 10.5. The van der Waals surface area contributed by atoms with Gasteiger partial charge in [-0.1, -0.05) is 6.07 Å². The lowest BCUT2D eigenvalue weighted by molar-refractivity contribution is -0.127. The smallest absolute Gasteiger partial charge is 0.266 e. The van der Waals surface area contributed by atoms with Gasteiger partial charge in [0.15, 0.2) is 0 Å². The third-order valence-corrected chi connectivity index (χ3v) is 2.70. The van der Waals surface area contributed by atoms with Crippen molar-refractivity contribution in [2.24, 2.45) is 0 Å². The summed E-state index contributed by atoms with van der Waals surface area (Å²) in [5.74, 6) is -2.51. The third kappa shape index (κ3) is 4.51. The number of rotatable bonds is 7. The van der Waals surface area contributed by atoms with Crippen LogP contribution in [-0.4, -0.2) is 47.3 Å². The molecule has 0 bridgehead atoms. The molecule has 0 saturated carbocycles. The maximum Gasteiger partial charge on any atom is 0.266 e. The van der Waals surface area contributed by atoms with E-state index in [1.165, 1.54) is 6.07 Å². The second-order valence-corrected chi connectivity index (χ2v) is 4.15. The number of para-hydroxylation sites is 1. The van der Waals surface area contributed by atoms with Crippen molar-refractivity contribution in [3.63, 3.8) is 0 Å². The van der Waals surface area contributed by atoms with E-state index in [2.05, 4.69) is 5.32 Å². The monoisotopic (exact) mass is 311 g/mol. The number of carbonyl (C=O) groups excluding carboxylic acids is 1. The van der Waals surface area contributed by atoms with Crippen LogP contribution in [0.15, 0.2) is 30.0 Å². The molecule has 118 valence electrons. The molecule has 0 atom stereocenters. The number of nitrogens with one attached hydrogen (secondary N) is 1. The van der Waals surface area contributed by atoms with E-state index in [1.807, 2.05) is 0 Å². The zero-order chi connectivity index (χ0) is 16.5. The second-order valence-electron chi connectivity index (χ2n) is 4.15. The van der Waals surface area contributed by atoms with E-state index in [0.717, 1.165) is 23.2 Å². The molecule has 0 fully saturated rings. The molecule has 1 amide bonds. The van der Waals surface area contributed by atoms with E-state index < -0.39 is 28.8 Å². The first-order valence-corrected chi connectivity index (χ1v) is 6.37. The predicted octanol–water partition coefficient (Wildman–Crippen LogP) is 0.597. The molecule has 0 saturated heterocycles. The predicted molar refractivity (Wildman–Crippen MR) is 74.4 cm³/mol. The molecule has 22 heavy (non-hydrogen) atoms. The van der Waals surface area contributed by atoms with Gasteiger partial charge in [-0.15, -0.1) is 0 Å². The highest BCUT2D eigenvalue weighted by Gasteiger charge is 2.18. The van der Waals surface area contributed by atoms with Crippen molar-refractivity contribution in [2.45, 2.75) is 0 Å². The van der Waals surface area contributed by atoms with Crippen molar-refractivity contribution in [2.75, 3.05) is 31.6 Å². The zero-order valence-electron chi connectivity index (χ0n) is 11.6. The number of nitrogens with zero attached hydrogens (tertiary/aromatic N) is 2. The van der Waals surface area contributed by atoms with Crippen LogP contribution in [0.3, 0.4) is 0 Å². The molecule has 1 rings (SSSR count). The maximum absolute atomic E-state index is 13.4. The van der Waals surface area contributed by atoms with Gasteiger partial charge < -0.3 is 20.4 Å². The number of anilines is 1. The van der Waals surface area contributed by atoms with Crippen LogP contribution in [0.2, 0.25) is 0 Å². The van der Waals surface area contributed by atoms with Crippen molar-refractivity contribution >= 4 is 11.6 Å². The number of aliphatic hydroxyl groups excluding tert-OH is 2. The SMILES string of the molecule is N#C/C(=C/Nc1c(F)cccc1F)C(=O)N(CCO)CCO. The highest BCUT2D eigenvalue weighted by Crippen LogP contribution is 2.18. The fraction of sp³-hybridized carbons (Fsp3) is 0.286. The molecule has 0 aromatic heterocycles. The van der Waals surface area contributed by atoms with E-state index in [9.17, 15) is 13.6 Å². The molecule has 0 aliphatic heterocycles. The van der Waals surface area contributed by atoms with Gasteiger partial charge in [0.05, 0.1) is 13.2 Å². The summed E-state index contributed by atoms with van der Waals surface area (Å²) in [7, 11) is 0. The molecule has 8 heteroatoms. The average molecular weight is 311 g/mol. The number of halogens is 2. The van der Waals surface area contributed by atoms with Crippen LogP contribution in [0, 0.1) is 23.0 Å². The molecule has 0 spiro atoms.